The third-order valence-corrected chi connectivity index (χ3v) is 3.38. The van der Waals surface area contributed by atoms with Crippen LogP contribution in [0.1, 0.15) is 29.3 Å². The number of hydrogen-bond acceptors (Lipinski definition) is 3. The van der Waals surface area contributed by atoms with Gasteiger partial charge in [-0.25, -0.2) is 0 Å². The SMILES string of the molecule is CCCc1ccc(C(=O)C2(CN)COC2)cc1. The van der Waals surface area contributed by atoms with Crippen molar-refractivity contribution in [3.8, 4) is 0 Å². The van der Waals surface area contributed by atoms with Gasteiger partial charge in [0.25, 0.3) is 0 Å². The molecule has 0 aliphatic carbocycles. The first-order valence-electron chi connectivity index (χ1n) is 6.13. The molecule has 3 nitrogen and oxygen atoms in total. The van der Waals surface area contributed by atoms with Crippen LogP contribution >= 0.6 is 0 Å². The van der Waals surface area contributed by atoms with Crippen LogP contribution in [0.2, 0.25) is 0 Å². The molecule has 1 aromatic carbocycles. The first-order valence-corrected chi connectivity index (χ1v) is 6.13. The fourth-order valence-electron chi connectivity index (χ4n) is 2.11. The molecule has 1 heterocycles. The second kappa shape index (κ2) is 4.98. The monoisotopic (exact) mass is 233 g/mol. The molecular formula is C14H19NO2. The van der Waals surface area contributed by atoms with E-state index in [9.17, 15) is 4.79 Å². The highest BCUT2D eigenvalue weighted by Crippen LogP contribution is 2.30. The van der Waals surface area contributed by atoms with Crippen LogP contribution in [0.4, 0.5) is 0 Å². The van der Waals surface area contributed by atoms with Crippen molar-refractivity contribution in [3.05, 3.63) is 35.4 Å². The maximum absolute atomic E-state index is 12.3. The van der Waals surface area contributed by atoms with Gasteiger partial charge in [-0.3, -0.25) is 4.79 Å². The van der Waals surface area contributed by atoms with Gasteiger partial charge in [-0.05, 0) is 12.0 Å². The number of carbonyl (C=O) groups excluding carboxylic acids is 1. The summed E-state index contributed by atoms with van der Waals surface area (Å²) >= 11 is 0. The molecule has 2 N–H and O–H groups in total. The molecule has 2 rings (SSSR count). The number of hydrogen-bond donors (Lipinski definition) is 1. The Labute approximate surface area is 102 Å². The molecule has 1 aliphatic rings. The molecule has 17 heavy (non-hydrogen) atoms. The first-order chi connectivity index (χ1) is 8.22. The largest absolute Gasteiger partial charge is 0.379 e. The van der Waals surface area contributed by atoms with Crippen LogP contribution in [-0.2, 0) is 11.2 Å². The summed E-state index contributed by atoms with van der Waals surface area (Å²) in [6, 6.07) is 7.87. The zero-order valence-corrected chi connectivity index (χ0v) is 10.2. The number of rotatable bonds is 5. The Balaban J connectivity index is 2.14. The van der Waals surface area contributed by atoms with Gasteiger partial charge in [-0.1, -0.05) is 37.6 Å². The second-order valence-electron chi connectivity index (χ2n) is 4.75. The predicted molar refractivity (Wildman–Crippen MR) is 67.1 cm³/mol. The van der Waals surface area contributed by atoms with Crippen LogP contribution in [0.15, 0.2) is 24.3 Å². The number of ketones is 1. The number of aryl methyl sites for hydroxylation is 1. The van der Waals surface area contributed by atoms with Crippen LogP contribution < -0.4 is 5.73 Å². The Morgan fingerprint density at radius 2 is 2.00 bits per heavy atom. The number of carbonyl (C=O) groups is 1. The van der Waals surface area contributed by atoms with E-state index in [4.69, 9.17) is 10.5 Å². The third kappa shape index (κ3) is 2.26. The van der Waals surface area contributed by atoms with Gasteiger partial charge in [0, 0.05) is 12.1 Å². The smallest absolute Gasteiger partial charge is 0.174 e. The van der Waals surface area contributed by atoms with Crippen LogP contribution in [0.3, 0.4) is 0 Å². The summed E-state index contributed by atoms with van der Waals surface area (Å²) in [6.07, 6.45) is 2.17. The standard InChI is InChI=1S/C14H19NO2/c1-2-3-11-4-6-12(7-5-11)13(16)14(8-15)9-17-10-14/h4-7H,2-3,8-10,15H2,1H3. The van der Waals surface area contributed by atoms with Crippen molar-refractivity contribution in [2.45, 2.75) is 19.8 Å². The van der Waals surface area contributed by atoms with E-state index in [-0.39, 0.29) is 5.78 Å². The van der Waals surface area contributed by atoms with Crippen LogP contribution in [0.5, 0.6) is 0 Å². The van der Waals surface area contributed by atoms with Gasteiger partial charge in [0.15, 0.2) is 5.78 Å². The van der Waals surface area contributed by atoms with Gasteiger partial charge < -0.3 is 10.5 Å². The molecule has 0 aromatic heterocycles. The maximum atomic E-state index is 12.3. The molecule has 3 heteroatoms. The van der Waals surface area contributed by atoms with E-state index < -0.39 is 5.41 Å². The average Bonchev–Trinajstić information content (AvgIpc) is 2.29. The predicted octanol–water partition coefficient (Wildman–Crippen LogP) is 1.80. The van der Waals surface area contributed by atoms with E-state index in [0.717, 1.165) is 18.4 Å². The molecule has 0 radical (unpaired) electrons. The zero-order chi connectivity index (χ0) is 12.3. The number of Topliss-reactive ketones (excluding diaryl/α,β-unsaturated/α-hetero) is 1. The Morgan fingerprint density at radius 3 is 2.41 bits per heavy atom. The van der Waals surface area contributed by atoms with Gasteiger partial charge in [0.2, 0.25) is 0 Å². The summed E-state index contributed by atoms with van der Waals surface area (Å²) < 4.78 is 5.13. The second-order valence-corrected chi connectivity index (χ2v) is 4.75. The molecule has 1 fully saturated rings. The number of ether oxygens (including phenoxy) is 1. The minimum absolute atomic E-state index is 0.120. The van der Waals surface area contributed by atoms with Crippen molar-refractivity contribution >= 4 is 5.78 Å². The van der Waals surface area contributed by atoms with Crippen molar-refractivity contribution in [2.24, 2.45) is 11.1 Å². The molecule has 0 amide bonds. The molecular weight excluding hydrogens is 214 g/mol. The lowest BCUT2D eigenvalue weighted by atomic mass is 9.78. The normalized spacial score (nSPS) is 17.5. The molecule has 0 bridgehead atoms. The highest BCUT2D eigenvalue weighted by molar-refractivity contribution is 6.01. The van der Waals surface area contributed by atoms with E-state index in [1.54, 1.807) is 0 Å². The van der Waals surface area contributed by atoms with Crippen molar-refractivity contribution in [3.63, 3.8) is 0 Å². The lowest BCUT2D eigenvalue weighted by Gasteiger charge is -2.38. The molecule has 0 spiro atoms. The summed E-state index contributed by atoms with van der Waals surface area (Å²) in [4.78, 5) is 12.3. The lowest BCUT2D eigenvalue weighted by molar-refractivity contribution is -0.0816. The number of nitrogens with two attached hydrogens (primary N) is 1. The van der Waals surface area contributed by atoms with E-state index in [2.05, 4.69) is 6.92 Å². The average molecular weight is 233 g/mol. The van der Waals surface area contributed by atoms with E-state index >= 15 is 0 Å². The van der Waals surface area contributed by atoms with Crippen molar-refractivity contribution < 1.29 is 9.53 Å². The molecule has 1 aliphatic heterocycles. The molecule has 0 unspecified atom stereocenters. The Hall–Kier alpha value is -1.19. The highest BCUT2D eigenvalue weighted by atomic mass is 16.5. The summed E-state index contributed by atoms with van der Waals surface area (Å²) in [5, 5.41) is 0. The molecule has 0 saturated carbocycles. The molecule has 92 valence electrons. The van der Waals surface area contributed by atoms with Crippen LogP contribution in [-0.4, -0.2) is 25.5 Å². The Bertz CT molecular complexity index is 388. The van der Waals surface area contributed by atoms with E-state index in [1.165, 1.54) is 5.56 Å². The molecule has 0 atom stereocenters. The fourth-order valence-corrected chi connectivity index (χ4v) is 2.11. The summed E-state index contributed by atoms with van der Waals surface area (Å²) in [7, 11) is 0. The van der Waals surface area contributed by atoms with Crippen LogP contribution in [0, 0.1) is 5.41 Å². The van der Waals surface area contributed by atoms with Gasteiger partial charge in [0.05, 0.1) is 18.6 Å². The van der Waals surface area contributed by atoms with Gasteiger partial charge >= 0.3 is 0 Å². The van der Waals surface area contributed by atoms with Gasteiger partial charge in [0.1, 0.15) is 0 Å². The van der Waals surface area contributed by atoms with Crippen molar-refractivity contribution in [2.75, 3.05) is 19.8 Å². The highest BCUT2D eigenvalue weighted by Gasteiger charge is 2.44. The zero-order valence-electron chi connectivity index (χ0n) is 10.2. The maximum Gasteiger partial charge on any atom is 0.174 e. The molecule has 1 aromatic rings. The van der Waals surface area contributed by atoms with Gasteiger partial charge in [-0.15, -0.1) is 0 Å². The minimum Gasteiger partial charge on any atom is -0.379 e. The van der Waals surface area contributed by atoms with Crippen LogP contribution in [0.25, 0.3) is 0 Å². The third-order valence-electron chi connectivity index (χ3n) is 3.38. The van der Waals surface area contributed by atoms with Gasteiger partial charge in [-0.2, -0.15) is 0 Å². The van der Waals surface area contributed by atoms with Crippen molar-refractivity contribution in [1.82, 2.24) is 0 Å². The quantitative estimate of drug-likeness (QED) is 0.789. The first kappa shape index (κ1) is 12.3. The lowest BCUT2D eigenvalue weighted by Crippen LogP contribution is -2.54. The Morgan fingerprint density at radius 1 is 1.35 bits per heavy atom. The molecule has 1 saturated heterocycles. The number of benzene rings is 1. The van der Waals surface area contributed by atoms with E-state index in [1.807, 2.05) is 24.3 Å². The van der Waals surface area contributed by atoms with E-state index in [0.29, 0.717) is 19.8 Å². The fraction of sp³-hybridized carbons (Fsp3) is 0.500. The topological polar surface area (TPSA) is 52.3 Å². The summed E-state index contributed by atoms with van der Waals surface area (Å²) in [5.74, 6) is 0.120. The Kier molecular flexibility index (Phi) is 3.60. The van der Waals surface area contributed by atoms with Crippen molar-refractivity contribution in [1.29, 1.82) is 0 Å². The summed E-state index contributed by atoms with van der Waals surface area (Å²) in [5.41, 5.74) is 7.24. The summed E-state index contributed by atoms with van der Waals surface area (Å²) in [6.45, 7) is 3.43. The minimum atomic E-state index is -0.466.